The molecule has 0 saturated carbocycles. The standard InChI is InChI=1S/C11H10N4O3/c12-14-8-4-9(15(16)17)6-11(5-8)18-10-2-1-3-13-7-10/h1-7,14H,12H2. The van der Waals surface area contributed by atoms with Gasteiger partial charge in [0.15, 0.2) is 0 Å². The third-order valence-electron chi connectivity index (χ3n) is 2.14. The molecule has 7 heteroatoms. The first kappa shape index (κ1) is 11.8. The van der Waals surface area contributed by atoms with Gasteiger partial charge in [0.25, 0.3) is 5.69 Å². The van der Waals surface area contributed by atoms with Gasteiger partial charge in [-0.2, -0.15) is 0 Å². The van der Waals surface area contributed by atoms with E-state index in [4.69, 9.17) is 10.6 Å². The molecule has 0 aliphatic heterocycles. The summed E-state index contributed by atoms with van der Waals surface area (Å²) in [5.74, 6) is 6.04. The van der Waals surface area contributed by atoms with Gasteiger partial charge >= 0.3 is 0 Å². The summed E-state index contributed by atoms with van der Waals surface area (Å²) in [7, 11) is 0. The monoisotopic (exact) mass is 246 g/mol. The zero-order valence-corrected chi connectivity index (χ0v) is 9.24. The Balaban J connectivity index is 2.32. The first-order valence-electron chi connectivity index (χ1n) is 5.03. The van der Waals surface area contributed by atoms with Gasteiger partial charge in [-0.05, 0) is 12.1 Å². The third kappa shape index (κ3) is 2.71. The molecule has 18 heavy (non-hydrogen) atoms. The molecule has 92 valence electrons. The molecule has 0 fully saturated rings. The number of nitro groups is 1. The number of ether oxygens (including phenoxy) is 1. The van der Waals surface area contributed by atoms with Gasteiger partial charge in [-0.1, -0.05) is 0 Å². The molecule has 0 radical (unpaired) electrons. The zero-order valence-electron chi connectivity index (χ0n) is 9.24. The molecule has 0 aliphatic rings. The molecule has 7 nitrogen and oxygen atoms in total. The molecule has 0 bridgehead atoms. The zero-order chi connectivity index (χ0) is 13.0. The Morgan fingerprint density at radius 2 is 2.17 bits per heavy atom. The summed E-state index contributed by atoms with van der Waals surface area (Å²) in [6.45, 7) is 0. The second-order valence-corrected chi connectivity index (χ2v) is 3.41. The lowest BCUT2D eigenvalue weighted by atomic mass is 10.2. The van der Waals surface area contributed by atoms with Gasteiger partial charge in [0, 0.05) is 18.3 Å². The molecule has 0 saturated heterocycles. The molecule has 1 heterocycles. The predicted molar refractivity (Wildman–Crippen MR) is 65.2 cm³/mol. The highest BCUT2D eigenvalue weighted by Gasteiger charge is 2.10. The number of non-ortho nitro benzene ring substituents is 1. The largest absolute Gasteiger partial charge is 0.455 e. The van der Waals surface area contributed by atoms with E-state index in [2.05, 4.69) is 10.4 Å². The van der Waals surface area contributed by atoms with Gasteiger partial charge in [-0.3, -0.25) is 20.9 Å². The number of nitrogens with zero attached hydrogens (tertiary/aromatic N) is 2. The fourth-order valence-electron chi connectivity index (χ4n) is 1.37. The number of hydrogen-bond acceptors (Lipinski definition) is 6. The molecule has 1 aromatic carbocycles. The fourth-order valence-corrected chi connectivity index (χ4v) is 1.37. The number of nitrogens with two attached hydrogens (primary N) is 1. The van der Waals surface area contributed by atoms with Crippen LogP contribution in [-0.2, 0) is 0 Å². The van der Waals surface area contributed by atoms with Crippen molar-refractivity contribution in [3.63, 3.8) is 0 Å². The molecule has 0 aliphatic carbocycles. The van der Waals surface area contributed by atoms with Crippen molar-refractivity contribution in [1.82, 2.24) is 4.98 Å². The minimum Gasteiger partial charge on any atom is -0.455 e. The quantitative estimate of drug-likeness (QED) is 0.486. The van der Waals surface area contributed by atoms with Crippen LogP contribution in [0, 0.1) is 10.1 Å². The van der Waals surface area contributed by atoms with Crippen LogP contribution in [0.15, 0.2) is 42.7 Å². The lowest BCUT2D eigenvalue weighted by molar-refractivity contribution is -0.384. The maximum Gasteiger partial charge on any atom is 0.275 e. The van der Waals surface area contributed by atoms with Crippen molar-refractivity contribution >= 4 is 11.4 Å². The summed E-state index contributed by atoms with van der Waals surface area (Å²) < 4.78 is 5.45. The Labute approximate surface area is 102 Å². The van der Waals surface area contributed by atoms with E-state index in [9.17, 15) is 10.1 Å². The van der Waals surface area contributed by atoms with Crippen molar-refractivity contribution in [1.29, 1.82) is 0 Å². The van der Waals surface area contributed by atoms with Crippen LogP contribution in [0.1, 0.15) is 0 Å². The number of benzene rings is 1. The van der Waals surface area contributed by atoms with Crippen molar-refractivity contribution in [3.8, 4) is 11.5 Å². The lowest BCUT2D eigenvalue weighted by Crippen LogP contribution is -2.07. The molecule has 0 amide bonds. The normalized spacial score (nSPS) is 9.83. The fraction of sp³-hybridized carbons (Fsp3) is 0. The maximum atomic E-state index is 10.7. The lowest BCUT2D eigenvalue weighted by Gasteiger charge is -2.07. The highest BCUT2D eigenvalue weighted by Crippen LogP contribution is 2.28. The van der Waals surface area contributed by atoms with Crippen LogP contribution in [0.3, 0.4) is 0 Å². The highest BCUT2D eigenvalue weighted by atomic mass is 16.6. The van der Waals surface area contributed by atoms with E-state index >= 15 is 0 Å². The minimum atomic E-state index is -0.517. The molecule has 2 rings (SSSR count). The van der Waals surface area contributed by atoms with Crippen LogP contribution in [0.25, 0.3) is 0 Å². The number of aromatic nitrogens is 1. The van der Waals surface area contributed by atoms with Gasteiger partial charge < -0.3 is 10.2 Å². The van der Waals surface area contributed by atoms with Crippen molar-refractivity contribution in [3.05, 3.63) is 52.8 Å². The molecule has 0 atom stereocenters. The topological polar surface area (TPSA) is 103 Å². The van der Waals surface area contributed by atoms with E-state index in [0.29, 0.717) is 17.2 Å². The summed E-state index contributed by atoms with van der Waals surface area (Å²) in [5, 5.41) is 10.7. The SMILES string of the molecule is NNc1cc(Oc2cccnc2)cc([N+](=O)[O-])c1. The Morgan fingerprint density at radius 1 is 1.33 bits per heavy atom. The van der Waals surface area contributed by atoms with Crippen LogP contribution in [0.4, 0.5) is 11.4 Å². The second kappa shape index (κ2) is 5.11. The summed E-state index contributed by atoms with van der Waals surface area (Å²) in [6, 6.07) is 7.58. The number of pyridine rings is 1. The van der Waals surface area contributed by atoms with Crippen LogP contribution in [0.5, 0.6) is 11.5 Å². The van der Waals surface area contributed by atoms with Gasteiger partial charge in [-0.25, -0.2) is 0 Å². The second-order valence-electron chi connectivity index (χ2n) is 3.41. The molecule has 0 spiro atoms. The third-order valence-corrected chi connectivity index (χ3v) is 2.14. The Kier molecular flexibility index (Phi) is 3.35. The Bertz CT molecular complexity index is 559. The van der Waals surface area contributed by atoms with Gasteiger partial charge in [0.05, 0.1) is 22.9 Å². The summed E-state index contributed by atoms with van der Waals surface area (Å²) in [4.78, 5) is 14.1. The van der Waals surface area contributed by atoms with Gasteiger partial charge in [0.2, 0.25) is 0 Å². The first-order chi connectivity index (χ1) is 8.69. The van der Waals surface area contributed by atoms with Crippen molar-refractivity contribution in [2.75, 3.05) is 5.43 Å². The first-order valence-corrected chi connectivity index (χ1v) is 5.03. The van der Waals surface area contributed by atoms with E-state index in [0.717, 1.165) is 0 Å². The highest BCUT2D eigenvalue weighted by molar-refractivity contribution is 5.56. The Hall–Kier alpha value is -2.67. The average molecular weight is 246 g/mol. The van der Waals surface area contributed by atoms with Gasteiger partial charge in [-0.15, -0.1) is 0 Å². The van der Waals surface area contributed by atoms with Crippen LogP contribution < -0.4 is 16.0 Å². The number of hydrazine groups is 1. The average Bonchev–Trinajstić information content (AvgIpc) is 2.39. The van der Waals surface area contributed by atoms with Crippen molar-refractivity contribution in [2.45, 2.75) is 0 Å². The maximum absolute atomic E-state index is 10.7. The molecular weight excluding hydrogens is 236 g/mol. The predicted octanol–water partition coefficient (Wildman–Crippen LogP) is 2.07. The number of rotatable bonds is 4. The van der Waals surface area contributed by atoms with Crippen LogP contribution in [-0.4, -0.2) is 9.91 Å². The van der Waals surface area contributed by atoms with Crippen molar-refractivity contribution in [2.24, 2.45) is 5.84 Å². The van der Waals surface area contributed by atoms with Crippen LogP contribution >= 0.6 is 0 Å². The van der Waals surface area contributed by atoms with E-state index in [1.807, 2.05) is 0 Å². The van der Waals surface area contributed by atoms with Crippen LogP contribution in [0.2, 0.25) is 0 Å². The molecule has 3 N–H and O–H groups in total. The number of nitrogens with one attached hydrogen (secondary N) is 1. The number of hydrogen-bond donors (Lipinski definition) is 2. The number of anilines is 1. The minimum absolute atomic E-state index is 0.107. The molecule has 2 aromatic rings. The molecule has 0 unspecified atom stereocenters. The number of nitrogen functional groups attached to an aromatic ring is 1. The smallest absolute Gasteiger partial charge is 0.275 e. The van der Waals surface area contributed by atoms with E-state index in [-0.39, 0.29) is 5.69 Å². The molecule has 1 aromatic heterocycles. The van der Waals surface area contributed by atoms with Gasteiger partial charge in [0.1, 0.15) is 11.5 Å². The summed E-state index contributed by atoms with van der Waals surface area (Å²) in [5.41, 5.74) is 2.63. The number of nitro benzene ring substituents is 1. The summed E-state index contributed by atoms with van der Waals surface area (Å²) >= 11 is 0. The van der Waals surface area contributed by atoms with E-state index < -0.39 is 4.92 Å². The Morgan fingerprint density at radius 3 is 2.78 bits per heavy atom. The van der Waals surface area contributed by atoms with E-state index in [1.165, 1.54) is 18.3 Å². The van der Waals surface area contributed by atoms with E-state index in [1.54, 1.807) is 24.4 Å². The van der Waals surface area contributed by atoms with Crippen molar-refractivity contribution < 1.29 is 9.66 Å². The molecular formula is C11H10N4O3. The summed E-state index contributed by atoms with van der Waals surface area (Å²) in [6.07, 6.45) is 3.11.